The molecule has 0 saturated heterocycles. The minimum atomic E-state index is -0.734. The number of amides is 1. The molecule has 0 radical (unpaired) electrons. The first-order valence-electron chi connectivity index (χ1n) is 7.38. The molecule has 3 rings (SSSR count). The lowest BCUT2D eigenvalue weighted by Gasteiger charge is -2.26. The predicted molar refractivity (Wildman–Crippen MR) is 81.7 cm³/mol. The van der Waals surface area contributed by atoms with Gasteiger partial charge in [0.2, 0.25) is 5.91 Å². The van der Waals surface area contributed by atoms with Crippen LogP contribution in [-0.4, -0.2) is 24.5 Å². The zero-order valence-electron chi connectivity index (χ0n) is 12.2. The maximum absolute atomic E-state index is 12.3. The third-order valence-corrected chi connectivity index (χ3v) is 4.48. The lowest BCUT2D eigenvalue weighted by Crippen LogP contribution is -2.50. The minimum Gasteiger partial charge on any atom is -0.397 e. The first-order chi connectivity index (χ1) is 10.0. The van der Waals surface area contributed by atoms with Gasteiger partial charge in [-0.25, -0.2) is 0 Å². The second kappa shape index (κ2) is 4.96. The number of nitrogen functional groups attached to an aromatic ring is 1. The fourth-order valence-electron chi connectivity index (χ4n) is 3.11. The normalized spacial score (nSPS) is 19.5. The third kappa shape index (κ3) is 2.54. The van der Waals surface area contributed by atoms with E-state index in [1.165, 1.54) is 5.56 Å². The second-order valence-corrected chi connectivity index (χ2v) is 6.16. The van der Waals surface area contributed by atoms with Crippen LogP contribution in [0.3, 0.4) is 0 Å². The van der Waals surface area contributed by atoms with Crippen molar-refractivity contribution in [3.8, 4) is 6.07 Å². The molecule has 1 aliphatic heterocycles. The SMILES string of the molecule is CC(C#N)(NC(=O)CN1CCc2cccc(N)c21)C1CC1. The summed E-state index contributed by atoms with van der Waals surface area (Å²) in [7, 11) is 0. The number of fused-ring (bicyclic) bond motifs is 1. The molecular formula is C16H20N4O. The number of nitrogens with zero attached hydrogens (tertiary/aromatic N) is 2. The Kier molecular flexibility index (Phi) is 3.25. The zero-order chi connectivity index (χ0) is 15.0. The predicted octanol–water partition coefficient (Wildman–Crippen LogP) is 1.44. The van der Waals surface area contributed by atoms with E-state index in [0.717, 1.165) is 31.5 Å². The van der Waals surface area contributed by atoms with Gasteiger partial charge in [-0.3, -0.25) is 4.79 Å². The van der Waals surface area contributed by atoms with E-state index in [2.05, 4.69) is 11.4 Å². The van der Waals surface area contributed by atoms with Gasteiger partial charge in [0.05, 0.1) is 24.0 Å². The highest BCUT2D eigenvalue weighted by Crippen LogP contribution is 2.39. The number of carbonyl (C=O) groups is 1. The summed E-state index contributed by atoms with van der Waals surface area (Å²) >= 11 is 0. The van der Waals surface area contributed by atoms with E-state index in [1.54, 1.807) is 0 Å². The zero-order valence-corrected chi connectivity index (χ0v) is 12.2. The molecule has 1 heterocycles. The van der Waals surface area contributed by atoms with Crippen molar-refractivity contribution in [2.45, 2.75) is 31.7 Å². The van der Waals surface area contributed by atoms with Gasteiger partial charge >= 0.3 is 0 Å². The number of para-hydroxylation sites is 1. The number of hydrogen-bond donors (Lipinski definition) is 2. The van der Waals surface area contributed by atoms with Gasteiger partial charge in [-0.05, 0) is 43.7 Å². The average Bonchev–Trinajstić information content (AvgIpc) is 3.23. The van der Waals surface area contributed by atoms with Gasteiger partial charge in [-0.15, -0.1) is 0 Å². The minimum absolute atomic E-state index is 0.109. The van der Waals surface area contributed by atoms with Crippen LogP contribution in [0.4, 0.5) is 11.4 Å². The summed E-state index contributed by atoms with van der Waals surface area (Å²) in [6, 6.07) is 8.10. The van der Waals surface area contributed by atoms with Crippen LogP contribution in [0.1, 0.15) is 25.3 Å². The summed E-state index contributed by atoms with van der Waals surface area (Å²) in [6.07, 6.45) is 2.94. The van der Waals surface area contributed by atoms with Gasteiger partial charge < -0.3 is 16.0 Å². The average molecular weight is 284 g/mol. The molecule has 1 fully saturated rings. The molecule has 1 aromatic carbocycles. The lowest BCUT2D eigenvalue weighted by molar-refractivity contribution is -0.121. The fraction of sp³-hybridized carbons (Fsp3) is 0.500. The molecule has 0 bridgehead atoms. The van der Waals surface area contributed by atoms with Gasteiger partial charge in [-0.2, -0.15) is 5.26 Å². The number of benzene rings is 1. The Balaban J connectivity index is 1.69. The number of hydrogen-bond acceptors (Lipinski definition) is 4. The Morgan fingerprint density at radius 3 is 3.00 bits per heavy atom. The highest BCUT2D eigenvalue weighted by atomic mass is 16.2. The molecule has 5 nitrogen and oxygen atoms in total. The molecule has 1 saturated carbocycles. The highest BCUT2D eigenvalue weighted by Gasteiger charge is 2.43. The molecule has 21 heavy (non-hydrogen) atoms. The molecule has 5 heteroatoms. The van der Waals surface area contributed by atoms with Gasteiger partial charge in [0.1, 0.15) is 5.54 Å². The monoisotopic (exact) mass is 284 g/mol. The number of anilines is 2. The van der Waals surface area contributed by atoms with Crippen molar-refractivity contribution >= 4 is 17.3 Å². The summed E-state index contributed by atoms with van der Waals surface area (Å²) < 4.78 is 0. The molecule has 0 spiro atoms. The Morgan fingerprint density at radius 1 is 1.57 bits per heavy atom. The standard InChI is InChI=1S/C16H20N4O/c1-16(10-17,12-5-6-12)19-14(21)9-20-8-7-11-3-2-4-13(18)15(11)20/h2-4,12H,5-9,18H2,1H3,(H,19,21). The van der Waals surface area contributed by atoms with Crippen LogP contribution in [0.25, 0.3) is 0 Å². The van der Waals surface area contributed by atoms with Crippen LogP contribution >= 0.6 is 0 Å². The number of nitrogens with one attached hydrogen (secondary N) is 1. The number of nitrogens with two attached hydrogens (primary N) is 1. The molecular weight excluding hydrogens is 264 g/mol. The van der Waals surface area contributed by atoms with Crippen molar-refractivity contribution < 1.29 is 4.79 Å². The maximum Gasteiger partial charge on any atom is 0.240 e. The highest BCUT2D eigenvalue weighted by molar-refractivity contribution is 5.85. The summed E-state index contributed by atoms with van der Waals surface area (Å²) in [4.78, 5) is 14.3. The number of rotatable bonds is 4. The number of carbonyl (C=O) groups excluding carboxylic acids is 1. The van der Waals surface area contributed by atoms with E-state index in [-0.39, 0.29) is 12.5 Å². The van der Waals surface area contributed by atoms with E-state index >= 15 is 0 Å². The molecule has 110 valence electrons. The molecule has 1 aliphatic carbocycles. The summed E-state index contributed by atoms with van der Waals surface area (Å²) in [5.41, 5.74) is 8.16. The summed E-state index contributed by atoms with van der Waals surface area (Å²) in [5.74, 6) is 0.185. The van der Waals surface area contributed by atoms with E-state index < -0.39 is 5.54 Å². The van der Waals surface area contributed by atoms with E-state index in [9.17, 15) is 10.1 Å². The van der Waals surface area contributed by atoms with Crippen LogP contribution in [0, 0.1) is 17.2 Å². The van der Waals surface area contributed by atoms with Crippen molar-refractivity contribution in [2.75, 3.05) is 23.7 Å². The molecule has 0 aromatic heterocycles. The lowest BCUT2D eigenvalue weighted by atomic mass is 9.98. The van der Waals surface area contributed by atoms with E-state index in [0.29, 0.717) is 11.6 Å². The fourth-order valence-corrected chi connectivity index (χ4v) is 3.11. The third-order valence-electron chi connectivity index (χ3n) is 4.48. The van der Waals surface area contributed by atoms with Crippen molar-refractivity contribution in [1.29, 1.82) is 5.26 Å². The quantitative estimate of drug-likeness (QED) is 0.820. The molecule has 1 atom stereocenters. The van der Waals surface area contributed by atoms with Gasteiger partial charge in [0, 0.05) is 6.54 Å². The van der Waals surface area contributed by atoms with Crippen LogP contribution in [0.5, 0.6) is 0 Å². The van der Waals surface area contributed by atoms with Crippen molar-refractivity contribution in [1.82, 2.24) is 5.32 Å². The molecule has 1 unspecified atom stereocenters. The second-order valence-electron chi connectivity index (χ2n) is 6.16. The first kappa shape index (κ1) is 13.7. The topological polar surface area (TPSA) is 82.2 Å². The smallest absolute Gasteiger partial charge is 0.240 e. The van der Waals surface area contributed by atoms with Crippen LogP contribution in [0.2, 0.25) is 0 Å². The maximum atomic E-state index is 12.3. The summed E-state index contributed by atoms with van der Waals surface area (Å²) in [5, 5.41) is 12.2. The Hall–Kier alpha value is -2.22. The van der Waals surface area contributed by atoms with Crippen molar-refractivity contribution in [3.63, 3.8) is 0 Å². The first-order valence-corrected chi connectivity index (χ1v) is 7.38. The van der Waals surface area contributed by atoms with E-state index in [1.807, 2.05) is 30.0 Å². The molecule has 2 aliphatic rings. The molecule has 1 amide bonds. The van der Waals surface area contributed by atoms with Gasteiger partial charge in [0.15, 0.2) is 0 Å². The number of nitriles is 1. The van der Waals surface area contributed by atoms with Crippen LogP contribution in [0.15, 0.2) is 18.2 Å². The van der Waals surface area contributed by atoms with Crippen molar-refractivity contribution in [2.24, 2.45) is 5.92 Å². The largest absolute Gasteiger partial charge is 0.397 e. The van der Waals surface area contributed by atoms with Crippen molar-refractivity contribution in [3.05, 3.63) is 23.8 Å². The van der Waals surface area contributed by atoms with Crippen LogP contribution < -0.4 is 16.0 Å². The molecule has 1 aromatic rings. The Morgan fingerprint density at radius 2 is 2.33 bits per heavy atom. The Labute approximate surface area is 124 Å². The van der Waals surface area contributed by atoms with Crippen LogP contribution in [-0.2, 0) is 11.2 Å². The van der Waals surface area contributed by atoms with Gasteiger partial charge in [-0.1, -0.05) is 12.1 Å². The van der Waals surface area contributed by atoms with E-state index in [4.69, 9.17) is 5.73 Å². The summed E-state index contributed by atoms with van der Waals surface area (Å²) in [6.45, 7) is 2.86. The Bertz CT molecular complexity index is 617. The van der Waals surface area contributed by atoms with Gasteiger partial charge in [0.25, 0.3) is 0 Å². The molecule has 3 N–H and O–H groups in total.